The largest absolute Gasteiger partial charge is 0.456 e. The predicted molar refractivity (Wildman–Crippen MR) is 184 cm³/mol. The Morgan fingerprint density at radius 3 is 2.02 bits per heavy atom. The fraction of sp³-hybridized carbons (Fsp3) is 0. The molecule has 9 rings (SSSR count). The number of furan rings is 1. The number of fused-ring (bicyclic) bond motifs is 6. The molecule has 0 aliphatic heterocycles. The summed E-state index contributed by atoms with van der Waals surface area (Å²) in [7, 11) is 0. The van der Waals surface area contributed by atoms with Crippen molar-refractivity contribution in [2.24, 2.45) is 0 Å². The van der Waals surface area contributed by atoms with Gasteiger partial charge in [0.2, 0.25) is 0 Å². The van der Waals surface area contributed by atoms with Gasteiger partial charge in [-0.25, -0.2) is 0 Å². The Morgan fingerprint density at radius 2 is 1.14 bits per heavy atom. The van der Waals surface area contributed by atoms with Gasteiger partial charge in [0.05, 0.1) is 26.3 Å². The lowest BCUT2D eigenvalue weighted by Crippen LogP contribution is -1.97. The molecule has 7 aromatic carbocycles. The van der Waals surface area contributed by atoms with E-state index in [0.717, 1.165) is 49.7 Å². The van der Waals surface area contributed by atoms with E-state index >= 15 is 0 Å². The van der Waals surface area contributed by atoms with Crippen LogP contribution in [0.15, 0.2) is 168 Å². The van der Waals surface area contributed by atoms with Gasteiger partial charge in [0, 0.05) is 27.1 Å². The molecule has 206 valence electrons. The highest BCUT2D eigenvalue weighted by Gasteiger charge is 2.17. The number of aromatic nitrogens is 1. The third-order valence-corrected chi connectivity index (χ3v) is 8.36. The average Bonchev–Trinajstić information content (AvgIpc) is 3.73. The van der Waals surface area contributed by atoms with Crippen molar-refractivity contribution in [3.05, 3.63) is 164 Å². The van der Waals surface area contributed by atoms with Crippen molar-refractivity contribution in [2.45, 2.75) is 0 Å². The maximum Gasteiger partial charge on any atom is 0.136 e. The highest BCUT2D eigenvalue weighted by Crippen LogP contribution is 2.40. The van der Waals surface area contributed by atoms with Crippen LogP contribution in [-0.2, 0) is 0 Å². The molecule has 0 radical (unpaired) electrons. The molecule has 0 unspecified atom stereocenters. The Kier molecular flexibility index (Phi) is 4.17. The van der Waals surface area contributed by atoms with Crippen LogP contribution in [0.25, 0.3) is 82.8 Å². The molecule has 0 aliphatic carbocycles. The van der Waals surface area contributed by atoms with E-state index in [9.17, 15) is 0 Å². The molecule has 0 aliphatic rings. The molecule has 0 N–H and O–H groups in total. The molecular formula is C42H27NO. The smallest absolute Gasteiger partial charge is 0.136 e. The van der Waals surface area contributed by atoms with Crippen molar-refractivity contribution < 1.29 is 14.0 Å². The first-order chi connectivity index (χ1) is 24.7. The van der Waals surface area contributed by atoms with Gasteiger partial charge in [0.25, 0.3) is 0 Å². The summed E-state index contributed by atoms with van der Waals surface area (Å²) in [6, 6.07) is 38.7. The van der Waals surface area contributed by atoms with Gasteiger partial charge in [-0.15, -0.1) is 0 Å². The van der Waals surface area contributed by atoms with E-state index in [2.05, 4.69) is 71.3 Å². The zero-order chi connectivity index (χ0) is 35.1. The number of hydrogen-bond acceptors (Lipinski definition) is 1. The molecule has 0 atom stereocenters. The number of hydrogen-bond donors (Lipinski definition) is 0. The third-order valence-electron chi connectivity index (χ3n) is 8.36. The van der Waals surface area contributed by atoms with Crippen LogP contribution in [-0.4, -0.2) is 4.57 Å². The van der Waals surface area contributed by atoms with Gasteiger partial charge in [0.1, 0.15) is 11.2 Å². The Bertz CT molecular complexity index is 2870. The normalized spacial score (nSPS) is 13.9. The van der Waals surface area contributed by atoms with Crippen molar-refractivity contribution >= 4 is 43.7 Å². The number of nitrogens with zero attached hydrogens (tertiary/aromatic N) is 1. The summed E-state index contributed by atoms with van der Waals surface area (Å²) in [5, 5.41) is 2.63. The van der Waals surface area contributed by atoms with Gasteiger partial charge in [0.15, 0.2) is 0 Å². The lowest BCUT2D eigenvalue weighted by Gasteiger charge is -2.15. The van der Waals surface area contributed by atoms with Gasteiger partial charge in [-0.1, -0.05) is 127 Å². The lowest BCUT2D eigenvalue weighted by molar-refractivity contribution is 0.669. The van der Waals surface area contributed by atoms with E-state index in [1.807, 2.05) is 54.6 Å². The Hall–Kier alpha value is -5.86. The lowest BCUT2D eigenvalue weighted by atomic mass is 9.96. The van der Waals surface area contributed by atoms with Crippen molar-refractivity contribution in [3.63, 3.8) is 0 Å². The summed E-state index contributed by atoms with van der Waals surface area (Å²) in [6.45, 7) is 0. The minimum Gasteiger partial charge on any atom is -0.456 e. The van der Waals surface area contributed by atoms with Crippen LogP contribution in [0.3, 0.4) is 0 Å². The fourth-order valence-corrected chi connectivity index (χ4v) is 6.35. The van der Waals surface area contributed by atoms with Crippen molar-refractivity contribution in [2.75, 3.05) is 0 Å². The second-order valence-electron chi connectivity index (χ2n) is 10.8. The molecule has 0 fully saturated rings. The Balaban J connectivity index is 1.23. The second-order valence-corrected chi connectivity index (χ2v) is 10.8. The van der Waals surface area contributed by atoms with E-state index < -0.39 is 12.1 Å². The van der Waals surface area contributed by atoms with Gasteiger partial charge < -0.3 is 8.98 Å². The van der Waals surface area contributed by atoms with Crippen LogP contribution in [0.5, 0.6) is 0 Å². The van der Waals surface area contributed by atoms with Gasteiger partial charge in [-0.2, -0.15) is 0 Å². The first kappa shape index (κ1) is 18.6. The number of rotatable bonds is 4. The molecule has 2 nitrogen and oxygen atoms in total. The van der Waals surface area contributed by atoms with Crippen LogP contribution < -0.4 is 0 Å². The van der Waals surface area contributed by atoms with Gasteiger partial charge in [-0.3, -0.25) is 0 Å². The topological polar surface area (TPSA) is 18.1 Å². The van der Waals surface area contributed by atoms with Crippen LogP contribution in [0.2, 0.25) is 0 Å². The monoisotopic (exact) mass is 568 g/mol. The highest BCUT2D eigenvalue weighted by atomic mass is 16.3. The van der Waals surface area contributed by atoms with E-state index in [4.69, 9.17) is 14.0 Å². The SMILES string of the molecule is [2H]c1c([2H])c([2H])c2c(oc3c([2H])c([2H])c([2H])c(-c4ccc(-c5ccccc5-n5c6ccccc6c6cc(-c7ccccc7)ccc65)cc4)c32)c1[2H]. The standard InChI is InChI=1S/C42H27NO/c1-2-11-28(12-3-1)31-25-26-39-36(27-31)34-14-5-8-18-38(34)43(39)37-17-7-4-13-32(37)29-21-23-30(24-22-29)33-16-10-20-41-42(33)35-15-6-9-19-40(35)44-41/h1-27H/i6D,9D,10D,15D,16D,19D,20D. The zero-order valence-corrected chi connectivity index (χ0v) is 23.4. The fourth-order valence-electron chi connectivity index (χ4n) is 6.35. The molecule has 2 aromatic heterocycles. The second kappa shape index (κ2) is 9.86. The Labute approximate surface area is 264 Å². The minimum atomic E-state index is -0.445. The van der Waals surface area contributed by atoms with Crippen molar-refractivity contribution in [3.8, 4) is 39.1 Å². The summed E-state index contributed by atoms with van der Waals surface area (Å²) in [5.74, 6) is 0. The highest BCUT2D eigenvalue weighted by molar-refractivity contribution is 6.13. The number of benzene rings is 7. The third kappa shape index (κ3) is 3.82. The molecule has 0 bridgehead atoms. The summed E-state index contributed by atoms with van der Waals surface area (Å²) >= 11 is 0. The summed E-state index contributed by atoms with van der Waals surface area (Å²) in [6.07, 6.45) is 0. The maximum atomic E-state index is 8.92. The van der Waals surface area contributed by atoms with E-state index in [1.54, 1.807) is 0 Å². The minimum absolute atomic E-state index is 0.0378. The molecule has 2 heterocycles. The van der Waals surface area contributed by atoms with Gasteiger partial charge >= 0.3 is 0 Å². The molecule has 0 amide bonds. The predicted octanol–water partition coefficient (Wildman–Crippen LogP) is 11.7. The van der Waals surface area contributed by atoms with Crippen molar-refractivity contribution in [1.82, 2.24) is 4.57 Å². The van der Waals surface area contributed by atoms with Crippen LogP contribution in [0, 0.1) is 0 Å². The molecule has 2 heteroatoms. The summed E-state index contributed by atoms with van der Waals surface area (Å²) in [5.41, 5.74) is 8.09. The first-order valence-electron chi connectivity index (χ1n) is 18.0. The maximum absolute atomic E-state index is 8.92. The van der Waals surface area contributed by atoms with Crippen molar-refractivity contribution in [1.29, 1.82) is 0 Å². The van der Waals surface area contributed by atoms with Crippen LogP contribution in [0.1, 0.15) is 9.60 Å². The average molecular weight is 569 g/mol. The van der Waals surface area contributed by atoms with E-state index in [1.165, 1.54) is 0 Å². The molecule has 44 heavy (non-hydrogen) atoms. The van der Waals surface area contributed by atoms with E-state index in [-0.39, 0.29) is 57.7 Å². The molecule has 0 saturated heterocycles. The summed E-state index contributed by atoms with van der Waals surface area (Å²) in [4.78, 5) is 0. The zero-order valence-electron chi connectivity index (χ0n) is 30.4. The first-order valence-corrected chi connectivity index (χ1v) is 14.5. The molecule has 9 aromatic rings. The molecule has 0 spiro atoms. The van der Waals surface area contributed by atoms with E-state index in [0.29, 0.717) is 5.56 Å². The van der Waals surface area contributed by atoms with Crippen LogP contribution in [0.4, 0.5) is 0 Å². The molecular weight excluding hydrogens is 534 g/mol. The Morgan fingerprint density at radius 1 is 0.455 bits per heavy atom. The molecule has 0 saturated carbocycles. The quantitative estimate of drug-likeness (QED) is 0.206. The van der Waals surface area contributed by atoms with Crippen LogP contribution >= 0.6 is 0 Å². The number of para-hydroxylation sites is 3. The summed E-state index contributed by atoms with van der Waals surface area (Å²) < 4.78 is 67.7. The van der Waals surface area contributed by atoms with Gasteiger partial charge in [-0.05, 0) is 64.2 Å².